The first kappa shape index (κ1) is 14.6. The predicted molar refractivity (Wildman–Crippen MR) is 70.5 cm³/mol. The van der Waals surface area contributed by atoms with E-state index in [1.54, 1.807) is 12.1 Å². The van der Waals surface area contributed by atoms with Crippen LogP contribution in [0.1, 0.15) is 22.8 Å². The van der Waals surface area contributed by atoms with Crippen molar-refractivity contribution in [2.45, 2.75) is 6.92 Å². The standard InChI is InChI=1S/C14H15NO4/c1-10(17)15-6-4-5-12-13(18-2)7-11(9-16)8-14(12)19-3/h7-9H,6H2,1-3H3,(H,15,17). The quantitative estimate of drug-likeness (QED) is 0.649. The highest BCUT2D eigenvalue weighted by atomic mass is 16.5. The number of benzene rings is 1. The topological polar surface area (TPSA) is 64.6 Å². The summed E-state index contributed by atoms with van der Waals surface area (Å²) in [6.07, 6.45) is 0.708. The van der Waals surface area contributed by atoms with E-state index in [9.17, 15) is 9.59 Å². The summed E-state index contributed by atoms with van der Waals surface area (Å²) in [6.45, 7) is 1.65. The number of hydrogen-bond acceptors (Lipinski definition) is 4. The van der Waals surface area contributed by atoms with Gasteiger partial charge in [-0.15, -0.1) is 0 Å². The Labute approximate surface area is 111 Å². The van der Waals surface area contributed by atoms with E-state index in [2.05, 4.69) is 17.2 Å². The van der Waals surface area contributed by atoms with Gasteiger partial charge in [-0.25, -0.2) is 0 Å². The second-order valence-corrected chi connectivity index (χ2v) is 3.63. The molecule has 0 spiro atoms. The lowest BCUT2D eigenvalue weighted by atomic mass is 10.1. The first-order valence-corrected chi connectivity index (χ1v) is 5.57. The molecule has 0 aliphatic heterocycles. The van der Waals surface area contributed by atoms with Crippen LogP contribution in [0, 0.1) is 11.8 Å². The number of amides is 1. The summed E-state index contributed by atoms with van der Waals surface area (Å²) in [5.41, 5.74) is 0.988. The molecular formula is C14H15NO4. The van der Waals surface area contributed by atoms with Crippen LogP contribution in [0.25, 0.3) is 0 Å². The molecule has 0 bridgehead atoms. The van der Waals surface area contributed by atoms with E-state index in [4.69, 9.17) is 9.47 Å². The molecule has 1 aromatic rings. The van der Waals surface area contributed by atoms with Crippen LogP contribution < -0.4 is 14.8 Å². The number of carbonyl (C=O) groups is 2. The van der Waals surface area contributed by atoms with Gasteiger partial charge in [0.2, 0.25) is 5.91 Å². The number of ether oxygens (including phenoxy) is 2. The average molecular weight is 261 g/mol. The van der Waals surface area contributed by atoms with Gasteiger partial charge in [0.15, 0.2) is 0 Å². The Kier molecular flexibility index (Phi) is 5.42. The van der Waals surface area contributed by atoms with Crippen molar-refractivity contribution in [3.8, 4) is 23.3 Å². The summed E-state index contributed by atoms with van der Waals surface area (Å²) in [6, 6.07) is 3.16. The second kappa shape index (κ2) is 7.07. The molecule has 0 aromatic heterocycles. The lowest BCUT2D eigenvalue weighted by molar-refractivity contribution is -0.118. The zero-order valence-corrected chi connectivity index (χ0v) is 11.1. The number of aldehydes is 1. The molecule has 0 unspecified atom stereocenters. The zero-order chi connectivity index (χ0) is 14.3. The summed E-state index contributed by atoms with van der Waals surface area (Å²) in [7, 11) is 2.98. The van der Waals surface area contributed by atoms with Crippen molar-refractivity contribution in [3.05, 3.63) is 23.3 Å². The number of methoxy groups -OCH3 is 2. The van der Waals surface area contributed by atoms with E-state index in [1.807, 2.05) is 0 Å². The molecule has 0 aliphatic rings. The molecule has 1 rings (SSSR count). The zero-order valence-electron chi connectivity index (χ0n) is 11.1. The van der Waals surface area contributed by atoms with Crippen LogP contribution in [0.3, 0.4) is 0 Å². The highest BCUT2D eigenvalue weighted by Crippen LogP contribution is 2.29. The van der Waals surface area contributed by atoms with Crippen LogP contribution in [0.15, 0.2) is 12.1 Å². The van der Waals surface area contributed by atoms with Gasteiger partial charge in [0.25, 0.3) is 0 Å². The van der Waals surface area contributed by atoms with Gasteiger partial charge in [0, 0.05) is 12.5 Å². The lowest BCUT2D eigenvalue weighted by Gasteiger charge is -2.09. The molecule has 1 amide bonds. The van der Waals surface area contributed by atoms with Crippen LogP contribution in [0.4, 0.5) is 0 Å². The third-order valence-corrected chi connectivity index (χ3v) is 2.30. The van der Waals surface area contributed by atoms with Crippen molar-refractivity contribution < 1.29 is 19.1 Å². The van der Waals surface area contributed by atoms with Gasteiger partial charge in [0.05, 0.1) is 20.8 Å². The highest BCUT2D eigenvalue weighted by molar-refractivity contribution is 5.78. The maximum absolute atomic E-state index is 10.8. The Morgan fingerprint density at radius 3 is 2.32 bits per heavy atom. The first-order chi connectivity index (χ1) is 9.12. The average Bonchev–Trinajstić information content (AvgIpc) is 2.42. The summed E-state index contributed by atoms with van der Waals surface area (Å²) in [5, 5.41) is 2.56. The number of nitrogens with one attached hydrogen (secondary N) is 1. The van der Waals surface area contributed by atoms with E-state index in [0.717, 1.165) is 0 Å². The molecule has 5 nitrogen and oxygen atoms in total. The van der Waals surface area contributed by atoms with Crippen LogP contribution in [0.2, 0.25) is 0 Å². The summed E-state index contributed by atoms with van der Waals surface area (Å²) >= 11 is 0. The van der Waals surface area contributed by atoms with Crippen molar-refractivity contribution >= 4 is 12.2 Å². The molecule has 1 aromatic carbocycles. The molecule has 0 saturated carbocycles. The first-order valence-electron chi connectivity index (χ1n) is 5.57. The van der Waals surface area contributed by atoms with Gasteiger partial charge in [-0.2, -0.15) is 0 Å². The Morgan fingerprint density at radius 2 is 1.89 bits per heavy atom. The third-order valence-electron chi connectivity index (χ3n) is 2.30. The Balaban J connectivity index is 3.09. The second-order valence-electron chi connectivity index (χ2n) is 3.63. The maximum atomic E-state index is 10.8. The number of rotatable bonds is 4. The maximum Gasteiger partial charge on any atom is 0.217 e. The van der Waals surface area contributed by atoms with Crippen LogP contribution >= 0.6 is 0 Å². The molecule has 1 N–H and O–H groups in total. The van der Waals surface area contributed by atoms with Crippen molar-refractivity contribution in [1.29, 1.82) is 0 Å². The fourth-order valence-electron chi connectivity index (χ4n) is 1.42. The van der Waals surface area contributed by atoms with E-state index in [0.29, 0.717) is 28.9 Å². The SMILES string of the molecule is COc1cc(C=O)cc(OC)c1C#CCNC(C)=O. The van der Waals surface area contributed by atoms with E-state index < -0.39 is 0 Å². The van der Waals surface area contributed by atoms with Crippen molar-refractivity contribution in [1.82, 2.24) is 5.32 Å². The minimum Gasteiger partial charge on any atom is -0.495 e. The van der Waals surface area contributed by atoms with Crippen LogP contribution in [0.5, 0.6) is 11.5 Å². The molecule has 0 fully saturated rings. The molecule has 0 saturated heterocycles. The number of carbonyl (C=O) groups excluding carboxylic acids is 2. The summed E-state index contributed by atoms with van der Waals surface area (Å²) in [5.74, 6) is 6.41. The minimum atomic E-state index is -0.149. The van der Waals surface area contributed by atoms with E-state index >= 15 is 0 Å². The van der Waals surface area contributed by atoms with Crippen LogP contribution in [-0.4, -0.2) is 33.0 Å². The smallest absolute Gasteiger partial charge is 0.217 e. The normalized spacial score (nSPS) is 9.00. The van der Waals surface area contributed by atoms with E-state index in [1.165, 1.54) is 21.1 Å². The lowest BCUT2D eigenvalue weighted by Crippen LogP contribution is -2.19. The van der Waals surface area contributed by atoms with Crippen molar-refractivity contribution in [3.63, 3.8) is 0 Å². The van der Waals surface area contributed by atoms with Crippen LogP contribution in [-0.2, 0) is 4.79 Å². The summed E-state index contributed by atoms with van der Waals surface area (Å²) < 4.78 is 10.4. The van der Waals surface area contributed by atoms with Gasteiger partial charge < -0.3 is 14.8 Å². The third kappa shape index (κ3) is 4.03. The Hall–Kier alpha value is -2.48. The largest absolute Gasteiger partial charge is 0.495 e. The minimum absolute atomic E-state index is 0.149. The molecule has 5 heteroatoms. The fraction of sp³-hybridized carbons (Fsp3) is 0.286. The molecule has 0 heterocycles. The van der Waals surface area contributed by atoms with Gasteiger partial charge in [-0.05, 0) is 12.1 Å². The molecular weight excluding hydrogens is 246 g/mol. The van der Waals surface area contributed by atoms with Gasteiger partial charge in [0.1, 0.15) is 23.3 Å². The van der Waals surface area contributed by atoms with Gasteiger partial charge in [-0.1, -0.05) is 11.8 Å². The molecule has 100 valence electrons. The Bertz CT molecular complexity index is 515. The molecule has 0 aliphatic carbocycles. The summed E-state index contributed by atoms with van der Waals surface area (Å²) in [4.78, 5) is 21.5. The molecule has 0 radical (unpaired) electrons. The monoisotopic (exact) mass is 261 g/mol. The Morgan fingerprint density at radius 1 is 1.32 bits per heavy atom. The van der Waals surface area contributed by atoms with Crippen molar-refractivity contribution in [2.24, 2.45) is 0 Å². The fourth-order valence-corrected chi connectivity index (χ4v) is 1.42. The highest BCUT2D eigenvalue weighted by Gasteiger charge is 2.10. The molecule has 19 heavy (non-hydrogen) atoms. The molecule has 0 atom stereocenters. The van der Waals surface area contributed by atoms with Crippen molar-refractivity contribution in [2.75, 3.05) is 20.8 Å². The van der Waals surface area contributed by atoms with Gasteiger partial charge in [-0.3, -0.25) is 9.59 Å². The van der Waals surface area contributed by atoms with Gasteiger partial charge >= 0.3 is 0 Å². The number of hydrogen-bond donors (Lipinski definition) is 1. The predicted octanol–water partition coefficient (Wildman–Crippen LogP) is 1.00. The van der Waals surface area contributed by atoms with E-state index in [-0.39, 0.29) is 12.5 Å².